The maximum Gasteiger partial charge on any atom is 0.164 e. The Balaban J connectivity index is 0.843. The van der Waals surface area contributed by atoms with E-state index in [4.69, 9.17) is 15.0 Å². The largest absolute Gasteiger partial charge is 0.314 e. The van der Waals surface area contributed by atoms with Crippen molar-refractivity contribution in [3.8, 4) is 56.4 Å². The van der Waals surface area contributed by atoms with Gasteiger partial charge in [0.1, 0.15) is 0 Å². The van der Waals surface area contributed by atoms with Crippen molar-refractivity contribution in [2.75, 3.05) is 4.90 Å². The summed E-state index contributed by atoms with van der Waals surface area (Å²) >= 11 is 0. The lowest BCUT2D eigenvalue weighted by atomic mass is 9.92. The second kappa shape index (κ2) is 21.4. The normalized spacial score (nSPS) is 13.2. The lowest BCUT2D eigenvalue weighted by Crippen LogP contribution is -2.11. The fourth-order valence-electron chi connectivity index (χ4n) is 10.6. The summed E-state index contributed by atoms with van der Waals surface area (Å²) in [6.07, 6.45) is 14.7. The van der Waals surface area contributed by atoms with Crippen molar-refractivity contribution in [3.63, 3.8) is 0 Å². The Morgan fingerprint density at radius 3 is 1.74 bits per heavy atom. The number of hydrogen-bond acceptors (Lipinski definition) is 4. The number of nitrogens with zero attached hydrogens (tertiary/aromatic N) is 4. The molecule has 2 heterocycles. The maximum absolute atomic E-state index is 5.03. The van der Waals surface area contributed by atoms with Crippen LogP contribution in [0, 0.1) is 0 Å². The molecule has 362 valence electrons. The van der Waals surface area contributed by atoms with Crippen molar-refractivity contribution < 1.29 is 0 Å². The maximum atomic E-state index is 5.03. The quantitative estimate of drug-likeness (QED) is 0.0656. The first-order chi connectivity index (χ1) is 37.6. The summed E-state index contributed by atoms with van der Waals surface area (Å²) in [6, 6.07) is 84.0. The fourth-order valence-corrected chi connectivity index (χ4v) is 10.6. The summed E-state index contributed by atoms with van der Waals surface area (Å²) in [5.41, 5.74) is 18.1. The minimum absolute atomic E-state index is 0.629. The van der Waals surface area contributed by atoms with Gasteiger partial charge in [0, 0.05) is 40.2 Å². The van der Waals surface area contributed by atoms with Crippen LogP contribution in [0.5, 0.6) is 0 Å². The molecule has 12 rings (SSSR count). The topological polar surface area (TPSA) is 41.9 Å². The predicted octanol–water partition coefficient (Wildman–Crippen LogP) is 18.9. The van der Waals surface area contributed by atoms with E-state index < -0.39 is 0 Å². The van der Waals surface area contributed by atoms with Gasteiger partial charge in [-0.3, -0.25) is 0 Å². The highest BCUT2D eigenvalue weighted by Gasteiger charge is 2.26. The van der Waals surface area contributed by atoms with Crippen LogP contribution in [0.25, 0.3) is 95.2 Å². The van der Waals surface area contributed by atoms with E-state index in [0.717, 1.165) is 57.5 Å². The highest BCUT2D eigenvalue weighted by atomic mass is 15.2. The van der Waals surface area contributed by atoms with Crippen LogP contribution in [-0.2, 0) is 6.42 Å². The van der Waals surface area contributed by atoms with Gasteiger partial charge in [-0.1, -0.05) is 231 Å². The summed E-state index contributed by atoms with van der Waals surface area (Å²) in [6.45, 7) is 6.26. The van der Waals surface area contributed by atoms with Gasteiger partial charge >= 0.3 is 0 Å². The van der Waals surface area contributed by atoms with Crippen LogP contribution in [0.2, 0.25) is 0 Å². The average molecular weight is 975 g/mol. The molecule has 0 spiro atoms. The molecule has 1 aromatic heterocycles. The van der Waals surface area contributed by atoms with Crippen LogP contribution in [-0.4, -0.2) is 15.0 Å². The van der Waals surface area contributed by atoms with Crippen molar-refractivity contribution in [1.82, 2.24) is 15.0 Å². The van der Waals surface area contributed by atoms with E-state index in [0.29, 0.717) is 17.5 Å². The van der Waals surface area contributed by atoms with Gasteiger partial charge in [0.15, 0.2) is 17.5 Å². The van der Waals surface area contributed by atoms with E-state index in [-0.39, 0.29) is 0 Å². The summed E-state index contributed by atoms with van der Waals surface area (Å²) in [5.74, 6) is 1.91. The lowest BCUT2D eigenvalue weighted by Gasteiger charge is -2.23. The van der Waals surface area contributed by atoms with Crippen LogP contribution in [0.4, 0.5) is 11.4 Å². The van der Waals surface area contributed by atoms with Crippen LogP contribution in [0.1, 0.15) is 35.6 Å². The van der Waals surface area contributed by atoms with Gasteiger partial charge in [-0.25, -0.2) is 15.0 Å². The van der Waals surface area contributed by atoms with Crippen molar-refractivity contribution in [1.29, 1.82) is 0 Å². The molecule has 0 saturated heterocycles. The predicted molar refractivity (Wildman–Crippen MR) is 321 cm³/mol. The Labute approximate surface area is 445 Å². The number of allylic oxidation sites excluding steroid dienone is 8. The molecule has 0 amide bonds. The Bertz CT molecular complexity index is 4030. The van der Waals surface area contributed by atoms with Gasteiger partial charge in [0.25, 0.3) is 0 Å². The number of benzene rings is 10. The van der Waals surface area contributed by atoms with Gasteiger partial charge < -0.3 is 4.90 Å². The first-order valence-corrected chi connectivity index (χ1v) is 26.0. The highest BCUT2D eigenvalue weighted by molar-refractivity contribution is 6.12. The number of aromatic nitrogens is 3. The third-order valence-electron chi connectivity index (χ3n) is 14.2. The minimum atomic E-state index is 0.629. The Kier molecular flexibility index (Phi) is 13.3. The summed E-state index contributed by atoms with van der Waals surface area (Å²) in [4.78, 5) is 17.4. The number of anilines is 2. The molecule has 10 aromatic carbocycles. The molecular formula is C72H54N4. The average Bonchev–Trinajstić information content (AvgIpc) is 3.88. The van der Waals surface area contributed by atoms with Crippen LogP contribution >= 0.6 is 0 Å². The smallest absolute Gasteiger partial charge is 0.164 e. The van der Waals surface area contributed by atoms with E-state index >= 15 is 0 Å². The molecule has 1 aliphatic heterocycles. The Morgan fingerprint density at radius 1 is 0.487 bits per heavy atom. The Morgan fingerprint density at radius 2 is 1.03 bits per heavy atom. The van der Waals surface area contributed by atoms with Crippen LogP contribution in [0.3, 0.4) is 0 Å². The zero-order valence-electron chi connectivity index (χ0n) is 42.4. The molecule has 0 bridgehead atoms. The molecule has 0 radical (unpaired) electrons. The molecule has 0 saturated carbocycles. The van der Waals surface area contributed by atoms with Crippen LogP contribution < -0.4 is 4.90 Å². The van der Waals surface area contributed by atoms with E-state index in [1.54, 1.807) is 0 Å². The molecule has 4 heteroatoms. The summed E-state index contributed by atoms with van der Waals surface area (Å²) < 4.78 is 0. The van der Waals surface area contributed by atoms with Gasteiger partial charge in [-0.05, 0) is 139 Å². The molecule has 1 aliphatic rings. The second-order valence-corrected chi connectivity index (χ2v) is 19.1. The molecule has 4 nitrogen and oxygen atoms in total. The highest BCUT2D eigenvalue weighted by Crippen LogP contribution is 2.43. The molecule has 11 aromatic rings. The first-order valence-electron chi connectivity index (χ1n) is 26.0. The third kappa shape index (κ3) is 9.76. The van der Waals surface area contributed by atoms with Gasteiger partial charge in [0.05, 0.1) is 0 Å². The molecule has 0 aliphatic carbocycles. The first kappa shape index (κ1) is 47.2. The fraction of sp³-hybridized carbons (Fsp3) is 0.0417. The molecule has 76 heavy (non-hydrogen) atoms. The monoisotopic (exact) mass is 974 g/mol. The van der Waals surface area contributed by atoms with Crippen molar-refractivity contribution in [2.24, 2.45) is 0 Å². The third-order valence-corrected chi connectivity index (χ3v) is 14.2. The SMILES string of the molecule is C=C/C=C(\C/C=C1\Cc2ccccc2N1c1cccc(-c2cccc(-c3nc(-c4ccccc4)nc(-c4ccccc4)n3)c2)c1)c1cccc(-c2cccc(C(/C=C\C)=C/c3cc4ccccc4c4ccccc34)c2)c1. The molecule has 0 atom stereocenters. The lowest BCUT2D eigenvalue weighted by molar-refractivity contribution is 1.07. The summed E-state index contributed by atoms with van der Waals surface area (Å²) in [7, 11) is 0. The number of para-hydroxylation sites is 1. The summed E-state index contributed by atoms with van der Waals surface area (Å²) in [5, 5.41) is 5.03. The van der Waals surface area contributed by atoms with Gasteiger partial charge in [-0.2, -0.15) is 0 Å². The van der Waals surface area contributed by atoms with Crippen molar-refractivity contribution in [2.45, 2.75) is 19.8 Å². The standard InChI is InChI=1S/C72H54N4/c1-3-21-50(54-29-17-31-56(43-54)57-32-18-30-55(44-57)53(22-4-2)46-63-47-60-27-11-13-37-66(60)68-39-15-14-38-67(63)68)41-42-65-49-61-28-12-16-40-69(61)76(65)64-36-20-34-59(48-64)58-33-19-35-62(45-58)72-74-70(51-23-7-5-8-24-51)73-71(75-72)52-25-9-6-10-26-52/h3-40,42-48H,1,41,49H2,2H3/b22-4-,50-21+,53-46+,65-42+. The molecular weight excluding hydrogens is 921 g/mol. The van der Waals surface area contributed by atoms with Gasteiger partial charge in [-0.15, -0.1) is 0 Å². The van der Waals surface area contributed by atoms with E-state index in [1.807, 2.05) is 66.7 Å². The second-order valence-electron chi connectivity index (χ2n) is 19.1. The van der Waals surface area contributed by atoms with Gasteiger partial charge in [0.2, 0.25) is 0 Å². The van der Waals surface area contributed by atoms with Crippen molar-refractivity contribution >= 4 is 50.1 Å². The van der Waals surface area contributed by atoms with E-state index in [9.17, 15) is 0 Å². The number of fused-ring (bicyclic) bond motifs is 4. The molecule has 0 fully saturated rings. The van der Waals surface area contributed by atoms with Crippen molar-refractivity contribution in [3.05, 3.63) is 301 Å². The number of rotatable bonds is 13. The minimum Gasteiger partial charge on any atom is -0.314 e. The molecule has 0 unspecified atom stereocenters. The molecule has 0 N–H and O–H groups in total. The van der Waals surface area contributed by atoms with Crippen LogP contribution in [0.15, 0.2) is 279 Å². The zero-order chi connectivity index (χ0) is 51.2. The Hall–Kier alpha value is -9.77. The van der Waals surface area contributed by atoms with E-state index in [2.05, 4.69) is 225 Å². The number of hydrogen-bond donors (Lipinski definition) is 0. The zero-order valence-corrected chi connectivity index (χ0v) is 42.4. The van der Waals surface area contributed by atoms with E-state index in [1.165, 1.54) is 66.3 Å².